The topological polar surface area (TPSA) is 121 Å². The Labute approximate surface area is 190 Å². The van der Waals surface area contributed by atoms with Gasteiger partial charge in [0.05, 0.1) is 17.4 Å². The van der Waals surface area contributed by atoms with E-state index in [1.165, 1.54) is 5.56 Å². The van der Waals surface area contributed by atoms with Crippen molar-refractivity contribution in [3.63, 3.8) is 0 Å². The molecule has 3 aromatic heterocycles. The molecular formula is C25H24N8. The number of nitrogens with zero attached hydrogens (tertiary/aromatic N) is 4. The van der Waals surface area contributed by atoms with Crippen LogP contribution in [0.2, 0.25) is 0 Å². The molecule has 0 spiro atoms. The number of hydrogen-bond acceptors (Lipinski definition) is 6. The zero-order chi connectivity index (χ0) is 22.4. The van der Waals surface area contributed by atoms with Crippen LogP contribution in [0.15, 0.2) is 67.1 Å². The second kappa shape index (κ2) is 7.74. The average Bonchev–Trinajstić information content (AvgIpc) is 3.26. The molecule has 5 N–H and O–H groups in total. The summed E-state index contributed by atoms with van der Waals surface area (Å²) in [5.74, 6) is 2.65. The number of nitrogens with one attached hydrogen (secondary N) is 3. The minimum Gasteiger partial charge on any atom is -0.368 e. The molecule has 5 aromatic rings. The van der Waals surface area contributed by atoms with E-state index >= 15 is 0 Å². The normalized spacial score (nSPS) is 18.3. The van der Waals surface area contributed by atoms with E-state index in [0.29, 0.717) is 17.7 Å². The molecule has 1 fully saturated rings. The van der Waals surface area contributed by atoms with Crippen molar-refractivity contribution in [2.75, 3.05) is 11.1 Å². The highest BCUT2D eigenvalue weighted by Crippen LogP contribution is 2.54. The molecule has 6 rings (SSSR count). The van der Waals surface area contributed by atoms with Crippen LogP contribution in [0.25, 0.3) is 11.0 Å². The highest BCUT2D eigenvalue weighted by molar-refractivity contribution is 5.75. The number of rotatable bonds is 6. The monoisotopic (exact) mass is 436 g/mol. The van der Waals surface area contributed by atoms with E-state index in [9.17, 15) is 0 Å². The van der Waals surface area contributed by atoms with E-state index in [4.69, 9.17) is 5.73 Å². The van der Waals surface area contributed by atoms with Crippen molar-refractivity contribution < 1.29 is 0 Å². The largest absolute Gasteiger partial charge is 0.368 e. The lowest BCUT2D eigenvalue weighted by atomic mass is 9.94. The van der Waals surface area contributed by atoms with Gasteiger partial charge in [0.2, 0.25) is 5.95 Å². The lowest BCUT2D eigenvalue weighted by Crippen LogP contribution is -2.07. The number of aromatic nitrogens is 6. The fourth-order valence-electron chi connectivity index (χ4n) is 4.54. The zero-order valence-corrected chi connectivity index (χ0v) is 18.2. The van der Waals surface area contributed by atoms with Crippen LogP contribution in [0.4, 0.5) is 17.6 Å². The smallest absolute Gasteiger partial charge is 0.221 e. The molecule has 0 saturated heterocycles. The summed E-state index contributed by atoms with van der Waals surface area (Å²) < 4.78 is 0. The molecule has 0 radical (unpaired) electrons. The first-order valence-corrected chi connectivity index (χ1v) is 11.1. The Balaban J connectivity index is 1.25. The molecule has 0 aliphatic heterocycles. The minimum atomic E-state index is 0.0403. The Hall–Kier alpha value is -4.20. The molecule has 8 nitrogen and oxygen atoms in total. The number of aromatic amines is 2. The Bertz CT molecular complexity index is 1420. The van der Waals surface area contributed by atoms with Gasteiger partial charge in [0, 0.05) is 35.4 Å². The van der Waals surface area contributed by atoms with Gasteiger partial charge in [-0.25, -0.2) is 9.97 Å². The number of H-pyrrole nitrogens is 2. The van der Waals surface area contributed by atoms with Gasteiger partial charge in [-0.05, 0) is 35.6 Å². The van der Waals surface area contributed by atoms with E-state index in [2.05, 4.69) is 90.9 Å². The Kier molecular flexibility index (Phi) is 4.57. The van der Waals surface area contributed by atoms with Crippen molar-refractivity contribution in [3.05, 3.63) is 89.5 Å². The molecule has 8 heteroatoms. The summed E-state index contributed by atoms with van der Waals surface area (Å²) >= 11 is 0. The molecule has 33 heavy (non-hydrogen) atoms. The fourth-order valence-corrected chi connectivity index (χ4v) is 4.54. The number of nitrogens with two attached hydrogens (primary N) is 1. The maximum Gasteiger partial charge on any atom is 0.221 e. The van der Waals surface area contributed by atoms with Gasteiger partial charge in [0.1, 0.15) is 5.82 Å². The standard InChI is InChI=1S/C25H24N8/c1-14(16-7-8-20-22(9-16)29-13-28-20)19-12-27-25(26)31-24(19)30-23-11-21(32-33-23)18-10-17(18)15-5-3-2-4-6-15/h2-9,11-14,17-18H,10H2,1H3,(H,28,29)(H4,26,27,30,31,32,33)/t14-,17?,18?/m0/s1. The fraction of sp³-hybridized carbons (Fsp3) is 0.200. The summed E-state index contributed by atoms with van der Waals surface area (Å²) in [6.07, 6.45) is 4.61. The van der Waals surface area contributed by atoms with Crippen LogP contribution in [0, 0.1) is 0 Å². The second-order valence-electron chi connectivity index (χ2n) is 8.63. The number of nitrogen functional groups attached to an aromatic ring is 1. The summed E-state index contributed by atoms with van der Waals surface area (Å²) in [5.41, 5.74) is 12.4. The minimum absolute atomic E-state index is 0.0403. The number of imidazole rings is 1. The maximum absolute atomic E-state index is 5.92. The zero-order valence-electron chi connectivity index (χ0n) is 18.2. The third kappa shape index (κ3) is 3.69. The Morgan fingerprint density at radius 3 is 2.82 bits per heavy atom. The second-order valence-corrected chi connectivity index (χ2v) is 8.63. The summed E-state index contributed by atoms with van der Waals surface area (Å²) in [5, 5.41) is 11.0. The van der Waals surface area contributed by atoms with Gasteiger partial charge >= 0.3 is 0 Å². The molecule has 3 atom stereocenters. The van der Waals surface area contributed by atoms with Gasteiger partial charge in [-0.1, -0.05) is 43.3 Å². The summed E-state index contributed by atoms with van der Waals surface area (Å²) in [6, 6.07) is 18.9. The third-order valence-electron chi connectivity index (χ3n) is 6.51. The molecule has 1 aliphatic carbocycles. The molecule has 1 aliphatic rings. The first-order chi connectivity index (χ1) is 16.2. The number of anilines is 3. The predicted octanol–water partition coefficient (Wildman–Crippen LogP) is 4.82. The lowest BCUT2D eigenvalue weighted by molar-refractivity contribution is 0.901. The van der Waals surface area contributed by atoms with Crippen molar-refractivity contribution in [1.29, 1.82) is 0 Å². The first-order valence-electron chi connectivity index (χ1n) is 11.1. The summed E-state index contributed by atoms with van der Waals surface area (Å²) in [6.45, 7) is 2.12. The van der Waals surface area contributed by atoms with Crippen molar-refractivity contribution in [2.24, 2.45) is 0 Å². The van der Waals surface area contributed by atoms with Gasteiger partial charge < -0.3 is 16.0 Å². The molecule has 164 valence electrons. The molecule has 0 bridgehead atoms. The number of benzene rings is 2. The van der Waals surface area contributed by atoms with Crippen molar-refractivity contribution >= 4 is 28.6 Å². The van der Waals surface area contributed by atoms with E-state index in [1.54, 1.807) is 12.5 Å². The molecule has 2 aromatic carbocycles. The number of hydrogen-bond donors (Lipinski definition) is 4. The summed E-state index contributed by atoms with van der Waals surface area (Å²) in [7, 11) is 0. The van der Waals surface area contributed by atoms with Crippen molar-refractivity contribution in [1.82, 2.24) is 30.1 Å². The van der Waals surface area contributed by atoms with E-state index < -0.39 is 0 Å². The Morgan fingerprint density at radius 2 is 1.94 bits per heavy atom. The van der Waals surface area contributed by atoms with Crippen molar-refractivity contribution in [2.45, 2.75) is 31.1 Å². The molecule has 3 heterocycles. The average molecular weight is 437 g/mol. The SMILES string of the molecule is C[C@@H](c1ccc2[nH]cnc2c1)c1cnc(N)nc1Nc1cc(C2CC2c2ccccc2)[nH]n1. The Morgan fingerprint density at radius 1 is 1.06 bits per heavy atom. The van der Waals surface area contributed by atoms with Gasteiger partial charge in [-0.3, -0.25) is 5.10 Å². The third-order valence-corrected chi connectivity index (χ3v) is 6.51. The molecule has 2 unspecified atom stereocenters. The first kappa shape index (κ1) is 19.5. The van der Waals surface area contributed by atoms with Gasteiger partial charge in [0.15, 0.2) is 5.82 Å². The van der Waals surface area contributed by atoms with Crippen molar-refractivity contribution in [3.8, 4) is 0 Å². The van der Waals surface area contributed by atoms with Crippen LogP contribution in [0.5, 0.6) is 0 Å². The molecular weight excluding hydrogens is 412 g/mol. The predicted molar refractivity (Wildman–Crippen MR) is 128 cm³/mol. The van der Waals surface area contributed by atoms with Crippen LogP contribution in [-0.4, -0.2) is 30.1 Å². The molecule has 1 saturated carbocycles. The van der Waals surface area contributed by atoms with Gasteiger partial charge in [0.25, 0.3) is 0 Å². The van der Waals surface area contributed by atoms with Crippen LogP contribution in [-0.2, 0) is 0 Å². The lowest BCUT2D eigenvalue weighted by Gasteiger charge is -2.16. The quantitative estimate of drug-likeness (QED) is 0.303. The van der Waals surface area contributed by atoms with Gasteiger partial charge in [-0.2, -0.15) is 10.1 Å². The van der Waals surface area contributed by atoms with E-state index in [1.807, 2.05) is 6.07 Å². The summed E-state index contributed by atoms with van der Waals surface area (Å²) in [4.78, 5) is 16.2. The maximum atomic E-state index is 5.92. The highest BCUT2D eigenvalue weighted by atomic mass is 15.2. The van der Waals surface area contributed by atoms with Crippen LogP contribution in [0.3, 0.4) is 0 Å². The molecule has 0 amide bonds. The van der Waals surface area contributed by atoms with E-state index in [-0.39, 0.29) is 11.9 Å². The van der Waals surface area contributed by atoms with E-state index in [0.717, 1.165) is 40.1 Å². The number of fused-ring (bicyclic) bond motifs is 1. The highest BCUT2D eigenvalue weighted by Gasteiger charge is 2.40. The van der Waals surface area contributed by atoms with Gasteiger partial charge in [-0.15, -0.1) is 0 Å². The van der Waals surface area contributed by atoms with Crippen LogP contribution >= 0.6 is 0 Å². The van der Waals surface area contributed by atoms with Crippen LogP contribution in [0.1, 0.15) is 53.5 Å². The van der Waals surface area contributed by atoms with Crippen LogP contribution < -0.4 is 11.1 Å².